The number of carbonyl (C=O) groups is 1. The van der Waals surface area contributed by atoms with Crippen molar-refractivity contribution in [3.8, 4) is 12.3 Å². The monoisotopic (exact) mass is 527 g/mol. The standard InChI is InChI=1S/C25H33N7O6/c1-7-8-9-25(29-30-25)10-11-31(22(34)38-23(2,3)4)19-16-20(27-13-26-19)32(14-28-16)21-18-17(15(12-33)35-21)36-24(5,6)37-18/h1,13-15,17-18,21,33H,8-12H2,2-6H3/t15-,17+,18?,21-/m0/s1. The highest BCUT2D eigenvalue weighted by Crippen LogP contribution is 2.44. The minimum Gasteiger partial charge on any atom is -0.443 e. The van der Waals surface area contributed by atoms with Crippen molar-refractivity contribution in [1.82, 2.24) is 19.5 Å². The van der Waals surface area contributed by atoms with Crippen LogP contribution in [0.25, 0.3) is 11.2 Å². The maximum atomic E-state index is 13.3. The van der Waals surface area contributed by atoms with Crippen molar-refractivity contribution >= 4 is 23.1 Å². The molecule has 1 amide bonds. The summed E-state index contributed by atoms with van der Waals surface area (Å²) in [5.41, 5.74) is -0.514. The Labute approximate surface area is 220 Å². The number of aromatic nitrogens is 4. The highest BCUT2D eigenvalue weighted by Gasteiger charge is 2.56. The Morgan fingerprint density at radius 2 is 1.95 bits per heavy atom. The van der Waals surface area contributed by atoms with Gasteiger partial charge in [-0.05, 0) is 34.6 Å². The second-order valence-electron chi connectivity index (χ2n) is 11.1. The molecule has 204 valence electrons. The van der Waals surface area contributed by atoms with Crippen LogP contribution in [0.15, 0.2) is 22.9 Å². The molecule has 0 spiro atoms. The lowest BCUT2D eigenvalue weighted by molar-refractivity contribution is -0.199. The Hall–Kier alpha value is -3.18. The number of aliphatic hydroxyl groups excluding tert-OH is 1. The van der Waals surface area contributed by atoms with E-state index in [4.69, 9.17) is 25.4 Å². The Balaban J connectivity index is 1.47. The van der Waals surface area contributed by atoms with Crippen LogP contribution in [0.2, 0.25) is 0 Å². The molecule has 0 aromatic carbocycles. The molecule has 3 aliphatic rings. The van der Waals surface area contributed by atoms with Crippen molar-refractivity contribution in [3.05, 3.63) is 12.7 Å². The number of hydrogen-bond donors (Lipinski definition) is 1. The van der Waals surface area contributed by atoms with Crippen LogP contribution in [0.1, 0.15) is 60.1 Å². The summed E-state index contributed by atoms with van der Waals surface area (Å²) in [6.45, 7) is 9.02. The van der Waals surface area contributed by atoms with E-state index in [0.29, 0.717) is 30.4 Å². The number of anilines is 1. The molecule has 13 nitrogen and oxygen atoms in total. The number of amides is 1. The molecule has 1 N–H and O–H groups in total. The summed E-state index contributed by atoms with van der Waals surface area (Å²) in [7, 11) is 0. The number of ether oxygens (including phenoxy) is 4. The normalized spacial score (nSPS) is 26.8. The summed E-state index contributed by atoms with van der Waals surface area (Å²) in [5.74, 6) is 2.07. The third-order valence-electron chi connectivity index (χ3n) is 6.58. The van der Waals surface area contributed by atoms with Gasteiger partial charge in [0.05, 0.1) is 12.9 Å². The van der Waals surface area contributed by atoms with Gasteiger partial charge in [-0.2, -0.15) is 10.2 Å². The first kappa shape index (κ1) is 26.4. The van der Waals surface area contributed by atoms with Crippen molar-refractivity contribution in [2.24, 2.45) is 10.2 Å². The highest BCUT2D eigenvalue weighted by molar-refractivity contribution is 5.95. The van der Waals surface area contributed by atoms with Crippen molar-refractivity contribution < 1.29 is 28.8 Å². The molecule has 0 radical (unpaired) electrons. The second kappa shape index (κ2) is 9.53. The Morgan fingerprint density at radius 1 is 1.21 bits per heavy atom. The molecule has 5 rings (SSSR count). The summed E-state index contributed by atoms with van der Waals surface area (Å²) >= 11 is 0. The van der Waals surface area contributed by atoms with Gasteiger partial charge in [-0.15, -0.1) is 12.3 Å². The largest absolute Gasteiger partial charge is 0.443 e. The first-order chi connectivity index (χ1) is 18.0. The second-order valence-corrected chi connectivity index (χ2v) is 11.1. The number of fused-ring (bicyclic) bond motifs is 2. The van der Waals surface area contributed by atoms with E-state index in [1.165, 1.54) is 11.2 Å². The van der Waals surface area contributed by atoms with Crippen LogP contribution in [0.3, 0.4) is 0 Å². The van der Waals surface area contributed by atoms with Crippen LogP contribution in [-0.2, 0) is 18.9 Å². The lowest BCUT2D eigenvalue weighted by atomic mass is 10.0. The molecule has 2 aromatic rings. The van der Waals surface area contributed by atoms with Gasteiger partial charge in [-0.3, -0.25) is 9.47 Å². The van der Waals surface area contributed by atoms with Crippen LogP contribution in [0.5, 0.6) is 0 Å². The van der Waals surface area contributed by atoms with Gasteiger partial charge in [0.15, 0.2) is 34.7 Å². The number of aliphatic hydroxyl groups is 1. The van der Waals surface area contributed by atoms with Gasteiger partial charge in [-0.25, -0.2) is 19.7 Å². The lowest BCUT2D eigenvalue weighted by Crippen LogP contribution is -2.39. The molecular formula is C25H33N7O6. The average Bonchev–Trinajstić information content (AvgIpc) is 3.17. The summed E-state index contributed by atoms with van der Waals surface area (Å²) in [4.78, 5) is 28.2. The van der Waals surface area contributed by atoms with Gasteiger partial charge < -0.3 is 24.1 Å². The van der Waals surface area contributed by atoms with E-state index in [9.17, 15) is 9.90 Å². The number of hydrogen-bond acceptors (Lipinski definition) is 11. The molecule has 5 heterocycles. The zero-order valence-corrected chi connectivity index (χ0v) is 22.2. The maximum Gasteiger partial charge on any atom is 0.416 e. The first-order valence-corrected chi connectivity index (χ1v) is 12.6. The van der Waals surface area contributed by atoms with Crippen LogP contribution in [0.4, 0.5) is 10.6 Å². The predicted molar refractivity (Wildman–Crippen MR) is 134 cm³/mol. The number of nitrogens with zero attached hydrogens (tertiary/aromatic N) is 7. The van der Waals surface area contributed by atoms with Crippen molar-refractivity contribution in [3.63, 3.8) is 0 Å². The topological polar surface area (TPSA) is 146 Å². The summed E-state index contributed by atoms with van der Waals surface area (Å²) in [6.07, 6.45) is 7.18. The van der Waals surface area contributed by atoms with Gasteiger partial charge in [-0.1, -0.05) is 0 Å². The quantitative estimate of drug-likeness (QED) is 0.512. The van der Waals surface area contributed by atoms with Crippen molar-refractivity contribution in [2.45, 2.75) is 95.5 Å². The molecule has 2 fully saturated rings. The lowest BCUT2D eigenvalue weighted by Gasteiger charge is -2.27. The van der Waals surface area contributed by atoms with E-state index in [0.717, 1.165) is 0 Å². The van der Waals surface area contributed by atoms with E-state index < -0.39 is 47.7 Å². The van der Waals surface area contributed by atoms with Gasteiger partial charge in [0, 0.05) is 25.8 Å². The fourth-order valence-corrected chi connectivity index (χ4v) is 4.81. The SMILES string of the molecule is C#CCCC1(CCN(C(=O)OC(C)(C)C)c2ncnc3c2ncn3[C@H]2O[C@@H](CO)[C@H]3OC(C)(C)OC32)N=N1. The van der Waals surface area contributed by atoms with Crippen molar-refractivity contribution in [2.75, 3.05) is 18.1 Å². The van der Waals surface area contributed by atoms with Crippen LogP contribution < -0.4 is 4.90 Å². The average molecular weight is 528 g/mol. The minimum absolute atomic E-state index is 0.228. The third-order valence-corrected chi connectivity index (χ3v) is 6.58. The fraction of sp³-hybridized carbons (Fsp3) is 0.680. The van der Waals surface area contributed by atoms with Gasteiger partial charge in [0.2, 0.25) is 0 Å². The number of rotatable bonds is 8. The Bertz CT molecular complexity index is 1270. The summed E-state index contributed by atoms with van der Waals surface area (Å²) in [5, 5.41) is 18.2. The first-order valence-electron chi connectivity index (χ1n) is 12.6. The predicted octanol–water partition coefficient (Wildman–Crippen LogP) is 2.94. The van der Waals surface area contributed by atoms with Crippen LogP contribution in [0, 0.1) is 12.3 Å². The number of carbonyl (C=O) groups excluding carboxylic acids is 1. The fourth-order valence-electron chi connectivity index (χ4n) is 4.81. The molecule has 2 aromatic heterocycles. The van der Waals surface area contributed by atoms with Gasteiger partial charge in [0.1, 0.15) is 30.2 Å². The van der Waals surface area contributed by atoms with E-state index >= 15 is 0 Å². The van der Waals surface area contributed by atoms with E-state index in [1.54, 1.807) is 31.7 Å². The molecule has 38 heavy (non-hydrogen) atoms. The van der Waals surface area contributed by atoms with Crippen molar-refractivity contribution in [1.29, 1.82) is 0 Å². The molecule has 0 aliphatic carbocycles. The number of terminal acetylenes is 1. The molecule has 0 bridgehead atoms. The van der Waals surface area contributed by atoms with E-state index in [2.05, 4.69) is 31.1 Å². The molecular weight excluding hydrogens is 494 g/mol. The molecule has 3 aliphatic heterocycles. The van der Waals surface area contributed by atoms with Crippen LogP contribution >= 0.6 is 0 Å². The smallest absolute Gasteiger partial charge is 0.416 e. The molecule has 13 heteroatoms. The van der Waals surface area contributed by atoms with E-state index in [-0.39, 0.29) is 19.0 Å². The molecule has 4 atom stereocenters. The summed E-state index contributed by atoms with van der Waals surface area (Å²) in [6, 6.07) is 0. The van der Waals surface area contributed by atoms with Gasteiger partial charge in [0.25, 0.3) is 0 Å². The Morgan fingerprint density at radius 3 is 2.61 bits per heavy atom. The number of imidazole rings is 1. The van der Waals surface area contributed by atoms with E-state index in [1.807, 2.05) is 13.8 Å². The molecule has 0 saturated carbocycles. The zero-order chi connectivity index (χ0) is 27.3. The highest BCUT2D eigenvalue weighted by atomic mass is 16.8. The molecule has 1 unspecified atom stereocenters. The molecule has 2 saturated heterocycles. The maximum absolute atomic E-state index is 13.3. The zero-order valence-electron chi connectivity index (χ0n) is 22.2. The summed E-state index contributed by atoms with van der Waals surface area (Å²) < 4.78 is 25.6. The third kappa shape index (κ3) is 5.09. The Kier molecular flexibility index (Phi) is 6.63. The minimum atomic E-state index is -0.830. The van der Waals surface area contributed by atoms with Gasteiger partial charge >= 0.3 is 6.09 Å². The van der Waals surface area contributed by atoms with Crippen LogP contribution in [-0.4, -0.2) is 79.2 Å².